The Labute approximate surface area is 156 Å². The fraction of sp³-hybridized carbons (Fsp3) is 0.389. The zero-order valence-corrected chi connectivity index (χ0v) is 15.3. The fourth-order valence-corrected chi connectivity index (χ4v) is 3.11. The van der Waals surface area contributed by atoms with E-state index in [9.17, 15) is 0 Å². The van der Waals surface area contributed by atoms with Crippen LogP contribution < -0.4 is 5.32 Å². The molecule has 4 heterocycles. The number of hydrogen-bond donors (Lipinski definition) is 2. The van der Waals surface area contributed by atoms with Crippen molar-refractivity contribution in [1.29, 1.82) is 0 Å². The smallest absolute Gasteiger partial charge is 0.290 e. The zero-order valence-electron chi connectivity index (χ0n) is 15.3. The molecule has 1 saturated heterocycles. The Morgan fingerprint density at radius 1 is 1.37 bits per heavy atom. The van der Waals surface area contributed by atoms with E-state index in [-0.39, 0.29) is 12.6 Å². The Balaban J connectivity index is 0.000000659. The van der Waals surface area contributed by atoms with E-state index in [1.807, 2.05) is 17.8 Å². The molecule has 1 atom stereocenters. The van der Waals surface area contributed by atoms with Gasteiger partial charge in [-0.25, -0.2) is 15.0 Å². The van der Waals surface area contributed by atoms with Crippen LogP contribution in [0.5, 0.6) is 0 Å². The summed E-state index contributed by atoms with van der Waals surface area (Å²) in [5.41, 5.74) is 4.82. The minimum atomic E-state index is -0.250. The van der Waals surface area contributed by atoms with E-state index >= 15 is 0 Å². The average molecular weight is 370 g/mol. The summed E-state index contributed by atoms with van der Waals surface area (Å²) in [6.07, 6.45) is 7.88. The number of carboxylic acid groups (broad SMARTS) is 1. The Kier molecular flexibility index (Phi) is 5.92. The molecule has 0 radical (unpaired) electrons. The first-order chi connectivity index (χ1) is 13.1. The lowest BCUT2D eigenvalue weighted by molar-refractivity contribution is -0.122. The second kappa shape index (κ2) is 8.54. The highest BCUT2D eigenvalue weighted by Crippen LogP contribution is 2.23. The molecule has 142 valence electrons. The lowest BCUT2D eigenvalue weighted by Gasteiger charge is -2.10. The van der Waals surface area contributed by atoms with Crippen molar-refractivity contribution >= 4 is 23.5 Å². The first-order valence-corrected chi connectivity index (χ1v) is 8.67. The number of ether oxygens (including phenoxy) is 1. The van der Waals surface area contributed by atoms with Crippen molar-refractivity contribution in [3.05, 3.63) is 30.2 Å². The van der Waals surface area contributed by atoms with Crippen LogP contribution in [0.4, 0.5) is 5.95 Å². The zero-order chi connectivity index (χ0) is 19.2. The molecule has 0 amide bonds. The van der Waals surface area contributed by atoms with Crippen LogP contribution in [0.15, 0.2) is 24.7 Å². The number of fused-ring (bicyclic) bond motifs is 1. The fourth-order valence-electron chi connectivity index (χ4n) is 3.11. The first-order valence-electron chi connectivity index (χ1n) is 8.67. The van der Waals surface area contributed by atoms with Crippen molar-refractivity contribution in [2.75, 3.05) is 18.5 Å². The molecule has 2 N–H and O–H groups in total. The van der Waals surface area contributed by atoms with Gasteiger partial charge in [0.1, 0.15) is 5.52 Å². The number of nitrogens with zero attached hydrogens (tertiary/aromatic N) is 5. The maximum atomic E-state index is 8.36. The van der Waals surface area contributed by atoms with E-state index in [1.165, 1.54) is 0 Å². The SMILES string of the molecule is Cc1cc(-c2cnc(NCC3CCCO3)nc2)nc2cnn(C)c12.O=CO. The van der Waals surface area contributed by atoms with E-state index in [1.54, 1.807) is 18.6 Å². The molecule has 9 nitrogen and oxygen atoms in total. The summed E-state index contributed by atoms with van der Waals surface area (Å²) >= 11 is 0. The van der Waals surface area contributed by atoms with E-state index < -0.39 is 0 Å². The van der Waals surface area contributed by atoms with Gasteiger partial charge in [0, 0.05) is 38.2 Å². The van der Waals surface area contributed by atoms with Crippen LogP contribution in [0.3, 0.4) is 0 Å². The van der Waals surface area contributed by atoms with E-state index in [0.717, 1.165) is 53.8 Å². The molecule has 3 aromatic heterocycles. The standard InChI is InChI=1S/C17H20N6O.CH2O2/c1-11-6-14(22-15-10-21-23(2)16(11)15)12-7-18-17(19-8-12)20-9-13-4-3-5-24-13;2-1-3/h6-8,10,13H,3-5,9H2,1-2H3,(H,18,19,20);1H,(H,2,3). The summed E-state index contributed by atoms with van der Waals surface area (Å²) in [5.74, 6) is 0.619. The van der Waals surface area contributed by atoms with E-state index in [4.69, 9.17) is 14.6 Å². The summed E-state index contributed by atoms with van der Waals surface area (Å²) in [7, 11) is 1.92. The van der Waals surface area contributed by atoms with Crippen LogP contribution in [0.25, 0.3) is 22.3 Å². The number of hydrogen-bond acceptors (Lipinski definition) is 7. The third kappa shape index (κ3) is 4.37. The van der Waals surface area contributed by atoms with Crippen molar-refractivity contribution in [1.82, 2.24) is 24.7 Å². The lowest BCUT2D eigenvalue weighted by Crippen LogP contribution is -2.19. The minimum absolute atomic E-state index is 0.250. The van der Waals surface area contributed by atoms with Crippen molar-refractivity contribution in [3.8, 4) is 11.3 Å². The second-order valence-electron chi connectivity index (χ2n) is 6.24. The predicted octanol–water partition coefficient (Wildman–Crippen LogP) is 2.03. The Morgan fingerprint density at radius 2 is 2.11 bits per heavy atom. The van der Waals surface area contributed by atoms with Gasteiger partial charge in [-0.2, -0.15) is 5.10 Å². The van der Waals surface area contributed by atoms with Gasteiger partial charge in [0.15, 0.2) is 0 Å². The second-order valence-corrected chi connectivity index (χ2v) is 6.24. The maximum Gasteiger partial charge on any atom is 0.290 e. The van der Waals surface area contributed by atoms with Gasteiger partial charge in [0.25, 0.3) is 6.47 Å². The number of aromatic nitrogens is 5. The highest BCUT2D eigenvalue weighted by molar-refractivity contribution is 5.81. The summed E-state index contributed by atoms with van der Waals surface area (Å²) in [4.78, 5) is 21.8. The van der Waals surface area contributed by atoms with Gasteiger partial charge in [-0.05, 0) is 31.4 Å². The third-order valence-corrected chi connectivity index (χ3v) is 4.35. The molecule has 0 spiro atoms. The van der Waals surface area contributed by atoms with Gasteiger partial charge < -0.3 is 15.2 Å². The van der Waals surface area contributed by atoms with Crippen molar-refractivity contribution < 1.29 is 14.6 Å². The van der Waals surface area contributed by atoms with Gasteiger partial charge in [-0.15, -0.1) is 0 Å². The molecule has 0 aromatic carbocycles. The molecule has 1 aliphatic rings. The third-order valence-electron chi connectivity index (χ3n) is 4.35. The largest absolute Gasteiger partial charge is 0.483 e. The molecule has 0 aliphatic carbocycles. The molecule has 4 rings (SSSR count). The summed E-state index contributed by atoms with van der Waals surface area (Å²) in [6, 6.07) is 2.04. The molecule has 0 saturated carbocycles. The number of nitrogens with one attached hydrogen (secondary N) is 1. The number of pyridine rings is 1. The Hall–Kier alpha value is -3.07. The van der Waals surface area contributed by atoms with Gasteiger partial charge in [0.2, 0.25) is 5.95 Å². The predicted molar refractivity (Wildman–Crippen MR) is 100 cm³/mol. The highest BCUT2D eigenvalue weighted by atomic mass is 16.5. The normalized spacial score (nSPS) is 16.0. The minimum Gasteiger partial charge on any atom is -0.483 e. The number of rotatable bonds is 4. The molecular weight excluding hydrogens is 348 g/mol. The van der Waals surface area contributed by atoms with Gasteiger partial charge in [0.05, 0.1) is 23.5 Å². The van der Waals surface area contributed by atoms with Crippen LogP contribution in [-0.4, -0.2) is 55.6 Å². The molecule has 0 bridgehead atoms. The van der Waals surface area contributed by atoms with Crippen LogP contribution in [0.1, 0.15) is 18.4 Å². The molecule has 9 heteroatoms. The van der Waals surface area contributed by atoms with Gasteiger partial charge in [-0.1, -0.05) is 0 Å². The number of aryl methyl sites for hydroxylation is 2. The molecular formula is C18H22N6O3. The Bertz CT molecular complexity index is 903. The van der Waals surface area contributed by atoms with Crippen LogP contribution in [-0.2, 0) is 16.6 Å². The molecule has 27 heavy (non-hydrogen) atoms. The monoisotopic (exact) mass is 370 g/mol. The highest BCUT2D eigenvalue weighted by Gasteiger charge is 2.15. The summed E-state index contributed by atoms with van der Waals surface area (Å²) in [5, 5.41) is 14.4. The molecule has 1 unspecified atom stereocenters. The van der Waals surface area contributed by atoms with E-state index in [2.05, 4.69) is 32.3 Å². The van der Waals surface area contributed by atoms with Crippen molar-refractivity contribution in [2.45, 2.75) is 25.9 Å². The number of anilines is 1. The number of carbonyl (C=O) groups is 1. The van der Waals surface area contributed by atoms with Gasteiger partial charge >= 0.3 is 0 Å². The molecule has 3 aromatic rings. The van der Waals surface area contributed by atoms with Crippen molar-refractivity contribution in [3.63, 3.8) is 0 Å². The first kappa shape index (κ1) is 18.7. The quantitative estimate of drug-likeness (QED) is 0.670. The van der Waals surface area contributed by atoms with Crippen LogP contribution in [0, 0.1) is 6.92 Å². The summed E-state index contributed by atoms with van der Waals surface area (Å²) < 4.78 is 7.43. The molecule has 1 fully saturated rings. The Morgan fingerprint density at radius 3 is 2.78 bits per heavy atom. The van der Waals surface area contributed by atoms with Crippen LogP contribution >= 0.6 is 0 Å². The summed E-state index contributed by atoms with van der Waals surface area (Å²) in [6.45, 7) is 3.42. The molecule has 1 aliphatic heterocycles. The topological polar surface area (TPSA) is 115 Å². The van der Waals surface area contributed by atoms with E-state index in [0.29, 0.717) is 5.95 Å². The average Bonchev–Trinajstić information content (AvgIpc) is 3.31. The maximum absolute atomic E-state index is 8.36. The van der Waals surface area contributed by atoms with Crippen molar-refractivity contribution in [2.24, 2.45) is 7.05 Å². The lowest BCUT2D eigenvalue weighted by atomic mass is 10.1. The van der Waals surface area contributed by atoms with Gasteiger partial charge in [-0.3, -0.25) is 9.48 Å². The van der Waals surface area contributed by atoms with Crippen LogP contribution in [0.2, 0.25) is 0 Å².